The van der Waals surface area contributed by atoms with Crippen LogP contribution in [-0.4, -0.2) is 24.1 Å². The number of rotatable bonds is 4. The summed E-state index contributed by atoms with van der Waals surface area (Å²) in [6.07, 6.45) is 1.72. The summed E-state index contributed by atoms with van der Waals surface area (Å²) in [5.41, 5.74) is 1.50. The van der Waals surface area contributed by atoms with Crippen LogP contribution in [0.15, 0.2) is 30.4 Å². The highest BCUT2D eigenvalue weighted by molar-refractivity contribution is 6.03. The zero-order valence-electron chi connectivity index (χ0n) is 9.56. The summed E-state index contributed by atoms with van der Waals surface area (Å²) in [6, 6.07) is 5.29. The summed E-state index contributed by atoms with van der Waals surface area (Å²) >= 11 is 0. The number of hydrogen-bond acceptors (Lipinski definition) is 3. The van der Waals surface area contributed by atoms with Crippen LogP contribution in [0.1, 0.15) is 5.56 Å². The van der Waals surface area contributed by atoms with Gasteiger partial charge < -0.3 is 15.2 Å². The van der Waals surface area contributed by atoms with Gasteiger partial charge in [-0.25, -0.2) is 4.79 Å². The fraction of sp³-hybridized carbons (Fsp3) is 0.167. The molecule has 0 aliphatic carbocycles. The Kier molecular flexibility index (Phi) is 4.28. The second kappa shape index (κ2) is 5.69. The number of amides is 1. The number of carbonyl (C=O) groups excluding carboxylic acids is 1. The van der Waals surface area contributed by atoms with Crippen LogP contribution in [0.3, 0.4) is 0 Å². The Balaban J connectivity index is 2.81. The topological polar surface area (TPSA) is 75.6 Å². The summed E-state index contributed by atoms with van der Waals surface area (Å²) in [4.78, 5) is 21.6. The molecule has 17 heavy (non-hydrogen) atoms. The van der Waals surface area contributed by atoms with Gasteiger partial charge >= 0.3 is 5.97 Å². The average Bonchev–Trinajstić information content (AvgIpc) is 2.28. The minimum atomic E-state index is -1.17. The number of nitrogens with one attached hydrogen (secondary N) is 1. The second-order valence-electron chi connectivity index (χ2n) is 3.36. The summed E-state index contributed by atoms with van der Waals surface area (Å²) in [6.45, 7) is 1.90. The molecule has 0 spiro atoms. The Morgan fingerprint density at radius 2 is 2.06 bits per heavy atom. The molecule has 0 saturated carbocycles. The van der Waals surface area contributed by atoms with Gasteiger partial charge in [0.2, 0.25) is 5.91 Å². The van der Waals surface area contributed by atoms with Gasteiger partial charge in [0.15, 0.2) is 0 Å². The van der Waals surface area contributed by atoms with Crippen molar-refractivity contribution in [1.82, 2.24) is 0 Å². The van der Waals surface area contributed by atoms with Crippen LogP contribution in [0.25, 0.3) is 0 Å². The minimum Gasteiger partial charge on any atom is -0.495 e. The molecule has 0 fully saturated rings. The van der Waals surface area contributed by atoms with E-state index >= 15 is 0 Å². The van der Waals surface area contributed by atoms with Crippen LogP contribution < -0.4 is 10.1 Å². The van der Waals surface area contributed by atoms with E-state index in [0.29, 0.717) is 11.4 Å². The van der Waals surface area contributed by atoms with E-state index in [1.165, 1.54) is 7.11 Å². The highest BCUT2D eigenvalue weighted by atomic mass is 16.5. The van der Waals surface area contributed by atoms with Gasteiger partial charge in [0.1, 0.15) is 5.75 Å². The molecule has 2 N–H and O–H groups in total. The fourth-order valence-electron chi connectivity index (χ4n) is 1.22. The van der Waals surface area contributed by atoms with E-state index in [4.69, 9.17) is 9.84 Å². The van der Waals surface area contributed by atoms with Gasteiger partial charge in [-0.2, -0.15) is 0 Å². The van der Waals surface area contributed by atoms with Gasteiger partial charge in [-0.05, 0) is 24.6 Å². The van der Waals surface area contributed by atoms with Gasteiger partial charge in [0, 0.05) is 12.2 Å². The number of benzene rings is 1. The number of methoxy groups -OCH3 is 1. The van der Waals surface area contributed by atoms with Crippen LogP contribution in [0.2, 0.25) is 0 Å². The normalized spacial score (nSPS) is 10.2. The maximum Gasteiger partial charge on any atom is 0.328 e. The standard InChI is InChI=1S/C12H13NO4/c1-8-3-4-9(10(7-8)17-2)13-11(14)5-6-12(15)16/h3-7H,1-2H3,(H,13,14)(H,15,16)/b6-5+. The number of hydrogen-bond donors (Lipinski definition) is 2. The van der Waals surface area contributed by atoms with Crippen LogP contribution in [0.4, 0.5) is 5.69 Å². The van der Waals surface area contributed by atoms with Crippen LogP contribution in [0, 0.1) is 6.92 Å². The summed E-state index contributed by atoms with van der Waals surface area (Å²) in [7, 11) is 1.50. The molecule has 0 heterocycles. The summed E-state index contributed by atoms with van der Waals surface area (Å²) in [5, 5.41) is 10.9. The largest absolute Gasteiger partial charge is 0.495 e. The summed E-state index contributed by atoms with van der Waals surface area (Å²) in [5.74, 6) is -1.16. The molecule has 1 aromatic carbocycles. The van der Waals surface area contributed by atoms with Crippen molar-refractivity contribution in [3.63, 3.8) is 0 Å². The lowest BCUT2D eigenvalue weighted by atomic mass is 10.2. The molecule has 0 radical (unpaired) electrons. The van der Waals surface area contributed by atoms with Crippen LogP contribution >= 0.6 is 0 Å². The van der Waals surface area contributed by atoms with Crippen molar-refractivity contribution in [3.05, 3.63) is 35.9 Å². The third-order valence-electron chi connectivity index (χ3n) is 1.99. The number of aryl methyl sites for hydroxylation is 1. The SMILES string of the molecule is COc1cc(C)ccc1NC(=O)/C=C/C(=O)O. The van der Waals surface area contributed by atoms with Gasteiger partial charge in [0.25, 0.3) is 0 Å². The van der Waals surface area contributed by atoms with Gasteiger partial charge in [-0.1, -0.05) is 6.07 Å². The zero-order chi connectivity index (χ0) is 12.8. The first-order valence-corrected chi connectivity index (χ1v) is 4.89. The quantitative estimate of drug-likeness (QED) is 0.777. The highest BCUT2D eigenvalue weighted by Gasteiger charge is 2.05. The Labute approximate surface area is 98.7 Å². The van der Waals surface area contributed by atoms with Gasteiger partial charge in [-0.15, -0.1) is 0 Å². The Hall–Kier alpha value is -2.30. The van der Waals surface area contributed by atoms with Crippen molar-refractivity contribution in [2.45, 2.75) is 6.92 Å². The lowest BCUT2D eigenvalue weighted by molar-refractivity contribution is -0.131. The van der Waals surface area contributed by atoms with E-state index in [1.54, 1.807) is 12.1 Å². The molecule has 1 rings (SSSR count). The van der Waals surface area contributed by atoms with Gasteiger partial charge in [-0.3, -0.25) is 4.79 Å². The smallest absolute Gasteiger partial charge is 0.328 e. The first-order valence-electron chi connectivity index (χ1n) is 4.89. The molecule has 0 aliphatic heterocycles. The fourth-order valence-corrected chi connectivity index (χ4v) is 1.22. The van der Waals surface area contributed by atoms with Crippen molar-refractivity contribution in [1.29, 1.82) is 0 Å². The van der Waals surface area contributed by atoms with Gasteiger partial charge in [0.05, 0.1) is 12.8 Å². The predicted octanol–water partition coefficient (Wildman–Crippen LogP) is 1.58. The average molecular weight is 235 g/mol. The summed E-state index contributed by atoms with van der Waals surface area (Å²) < 4.78 is 5.10. The van der Waals surface area contributed by atoms with E-state index < -0.39 is 11.9 Å². The number of aliphatic carboxylic acids is 1. The Bertz CT molecular complexity index is 466. The molecule has 1 aromatic rings. The Morgan fingerprint density at radius 3 is 2.65 bits per heavy atom. The maximum absolute atomic E-state index is 11.4. The molecule has 0 aliphatic rings. The molecule has 0 saturated heterocycles. The predicted molar refractivity (Wildman–Crippen MR) is 63.1 cm³/mol. The number of carboxylic acid groups (broad SMARTS) is 1. The number of ether oxygens (including phenoxy) is 1. The highest BCUT2D eigenvalue weighted by Crippen LogP contribution is 2.25. The van der Waals surface area contributed by atoms with Crippen molar-refractivity contribution in [2.24, 2.45) is 0 Å². The first-order chi connectivity index (χ1) is 8.02. The Morgan fingerprint density at radius 1 is 1.35 bits per heavy atom. The zero-order valence-corrected chi connectivity index (χ0v) is 9.56. The number of anilines is 1. The number of carbonyl (C=O) groups is 2. The lowest BCUT2D eigenvalue weighted by Crippen LogP contribution is -2.09. The third kappa shape index (κ3) is 3.98. The van der Waals surface area contributed by atoms with E-state index in [2.05, 4.69) is 5.32 Å². The minimum absolute atomic E-state index is 0.498. The lowest BCUT2D eigenvalue weighted by Gasteiger charge is -2.09. The molecule has 0 aromatic heterocycles. The van der Waals surface area contributed by atoms with Crippen molar-refractivity contribution < 1.29 is 19.4 Å². The first kappa shape index (κ1) is 12.8. The van der Waals surface area contributed by atoms with Crippen molar-refractivity contribution in [2.75, 3.05) is 12.4 Å². The van der Waals surface area contributed by atoms with Crippen LogP contribution in [0.5, 0.6) is 5.75 Å². The molecule has 1 amide bonds. The molecular weight excluding hydrogens is 222 g/mol. The third-order valence-corrected chi connectivity index (χ3v) is 1.99. The van der Waals surface area contributed by atoms with E-state index in [0.717, 1.165) is 17.7 Å². The maximum atomic E-state index is 11.4. The van der Waals surface area contributed by atoms with E-state index in [9.17, 15) is 9.59 Å². The molecule has 0 unspecified atom stereocenters. The molecule has 5 heteroatoms. The second-order valence-corrected chi connectivity index (χ2v) is 3.36. The van der Waals surface area contributed by atoms with E-state index in [-0.39, 0.29) is 0 Å². The monoisotopic (exact) mass is 235 g/mol. The molecule has 0 atom stereocenters. The molecule has 5 nitrogen and oxygen atoms in total. The van der Waals surface area contributed by atoms with Crippen molar-refractivity contribution in [3.8, 4) is 5.75 Å². The molecule has 90 valence electrons. The number of carboxylic acids is 1. The van der Waals surface area contributed by atoms with Crippen molar-refractivity contribution >= 4 is 17.6 Å². The molecular formula is C12H13NO4. The van der Waals surface area contributed by atoms with Crippen LogP contribution in [-0.2, 0) is 9.59 Å². The molecule has 0 bridgehead atoms. The van der Waals surface area contributed by atoms with E-state index in [1.807, 2.05) is 13.0 Å².